The minimum Gasteiger partial charge on any atom is -0.389 e. The van der Waals surface area contributed by atoms with Gasteiger partial charge in [-0.2, -0.15) is 0 Å². The van der Waals surface area contributed by atoms with Crippen LogP contribution in [0.5, 0.6) is 0 Å². The van der Waals surface area contributed by atoms with Crippen LogP contribution >= 0.6 is 12.4 Å². The maximum Gasteiger partial charge on any atom is 0.137 e. The van der Waals surface area contributed by atoms with Crippen molar-refractivity contribution >= 4 is 18.1 Å². The van der Waals surface area contributed by atoms with Crippen molar-refractivity contribution in [3.8, 4) is 0 Å². The number of hydrogen-bond acceptors (Lipinski definition) is 3. The molecular formula is C6H13ClN2O. The molecule has 0 aromatic rings. The SMILES string of the molecule is CC1(C)CC(CN)=NO1.Cl. The van der Waals surface area contributed by atoms with Gasteiger partial charge >= 0.3 is 0 Å². The summed E-state index contributed by atoms with van der Waals surface area (Å²) in [5.41, 5.74) is 6.19. The Morgan fingerprint density at radius 1 is 1.70 bits per heavy atom. The lowest BCUT2D eigenvalue weighted by atomic mass is 10.0. The van der Waals surface area contributed by atoms with Gasteiger partial charge in [0.25, 0.3) is 0 Å². The first-order chi connectivity index (χ1) is 4.14. The van der Waals surface area contributed by atoms with Gasteiger partial charge in [-0.1, -0.05) is 5.16 Å². The van der Waals surface area contributed by atoms with Gasteiger partial charge in [-0.05, 0) is 13.8 Å². The zero-order chi connectivity index (χ0) is 6.91. The molecule has 4 heteroatoms. The molecule has 1 aliphatic rings. The Kier molecular flexibility index (Phi) is 3.12. The van der Waals surface area contributed by atoms with Crippen LogP contribution in [0, 0.1) is 0 Å². The van der Waals surface area contributed by atoms with Crippen LogP contribution in [0.25, 0.3) is 0 Å². The monoisotopic (exact) mass is 164 g/mol. The van der Waals surface area contributed by atoms with Gasteiger partial charge in [-0.15, -0.1) is 12.4 Å². The van der Waals surface area contributed by atoms with E-state index in [0.29, 0.717) is 6.54 Å². The average Bonchev–Trinajstić information content (AvgIpc) is 2.10. The van der Waals surface area contributed by atoms with Crippen molar-refractivity contribution in [2.75, 3.05) is 6.54 Å². The predicted molar refractivity (Wildman–Crippen MR) is 43.5 cm³/mol. The summed E-state index contributed by atoms with van der Waals surface area (Å²) < 4.78 is 0. The van der Waals surface area contributed by atoms with E-state index in [4.69, 9.17) is 10.6 Å². The molecule has 0 spiro atoms. The first-order valence-corrected chi connectivity index (χ1v) is 3.08. The van der Waals surface area contributed by atoms with Crippen molar-refractivity contribution < 1.29 is 4.84 Å². The first kappa shape index (κ1) is 9.72. The molecule has 0 saturated heterocycles. The van der Waals surface area contributed by atoms with E-state index in [2.05, 4.69) is 5.16 Å². The summed E-state index contributed by atoms with van der Waals surface area (Å²) in [5.74, 6) is 0. The molecule has 0 aliphatic carbocycles. The summed E-state index contributed by atoms with van der Waals surface area (Å²) in [4.78, 5) is 5.05. The lowest BCUT2D eigenvalue weighted by molar-refractivity contribution is 0.0123. The summed E-state index contributed by atoms with van der Waals surface area (Å²) in [6.45, 7) is 4.52. The van der Waals surface area contributed by atoms with Crippen molar-refractivity contribution in [1.82, 2.24) is 0 Å². The molecule has 0 radical (unpaired) electrons. The molecule has 0 atom stereocenters. The molecule has 2 N–H and O–H groups in total. The molecule has 0 amide bonds. The largest absolute Gasteiger partial charge is 0.389 e. The molecule has 1 aliphatic heterocycles. The number of halogens is 1. The zero-order valence-corrected chi connectivity index (χ0v) is 7.07. The smallest absolute Gasteiger partial charge is 0.137 e. The molecule has 1 heterocycles. The fourth-order valence-electron chi connectivity index (χ4n) is 0.854. The van der Waals surface area contributed by atoms with E-state index in [1.807, 2.05) is 13.8 Å². The van der Waals surface area contributed by atoms with Crippen LogP contribution in [0.15, 0.2) is 5.16 Å². The Bertz CT molecular complexity index is 145. The van der Waals surface area contributed by atoms with Crippen LogP contribution in [0.4, 0.5) is 0 Å². The first-order valence-electron chi connectivity index (χ1n) is 3.08. The van der Waals surface area contributed by atoms with E-state index < -0.39 is 0 Å². The van der Waals surface area contributed by atoms with Crippen LogP contribution in [0.3, 0.4) is 0 Å². The van der Waals surface area contributed by atoms with Crippen molar-refractivity contribution in [2.24, 2.45) is 10.9 Å². The zero-order valence-electron chi connectivity index (χ0n) is 6.26. The molecule has 10 heavy (non-hydrogen) atoms. The van der Waals surface area contributed by atoms with Gasteiger partial charge in [0.2, 0.25) is 0 Å². The second-order valence-electron chi connectivity index (χ2n) is 2.89. The standard InChI is InChI=1S/C6H12N2O.ClH/c1-6(2)3-5(4-7)8-9-6;/h3-4,7H2,1-2H3;1H. The Balaban J connectivity index is 0.000000810. The van der Waals surface area contributed by atoms with E-state index in [9.17, 15) is 0 Å². The van der Waals surface area contributed by atoms with E-state index in [-0.39, 0.29) is 18.0 Å². The van der Waals surface area contributed by atoms with Gasteiger partial charge < -0.3 is 10.6 Å². The molecular weight excluding hydrogens is 152 g/mol. The van der Waals surface area contributed by atoms with Crippen LogP contribution in [-0.2, 0) is 4.84 Å². The molecule has 0 aromatic heterocycles. The number of hydrogen-bond donors (Lipinski definition) is 1. The number of nitrogens with zero attached hydrogens (tertiary/aromatic N) is 1. The van der Waals surface area contributed by atoms with E-state index in [1.165, 1.54) is 0 Å². The molecule has 3 nitrogen and oxygen atoms in total. The molecule has 1 rings (SSSR count). The fraction of sp³-hybridized carbons (Fsp3) is 0.833. The minimum absolute atomic E-state index is 0. The third-order valence-corrected chi connectivity index (χ3v) is 1.29. The van der Waals surface area contributed by atoms with Gasteiger partial charge in [0.05, 0.1) is 5.71 Å². The number of nitrogens with two attached hydrogens (primary N) is 1. The van der Waals surface area contributed by atoms with Crippen molar-refractivity contribution in [2.45, 2.75) is 25.9 Å². The molecule has 0 fully saturated rings. The second kappa shape index (κ2) is 3.21. The van der Waals surface area contributed by atoms with Gasteiger partial charge in [0, 0.05) is 13.0 Å². The topological polar surface area (TPSA) is 47.6 Å². The van der Waals surface area contributed by atoms with Crippen LogP contribution < -0.4 is 5.73 Å². The fourth-order valence-corrected chi connectivity index (χ4v) is 0.854. The highest BCUT2D eigenvalue weighted by atomic mass is 35.5. The quantitative estimate of drug-likeness (QED) is 0.627. The summed E-state index contributed by atoms with van der Waals surface area (Å²) in [5, 5.41) is 3.80. The summed E-state index contributed by atoms with van der Waals surface area (Å²) >= 11 is 0. The Labute approximate surface area is 67.0 Å². The minimum atomic E-state index is -0.116. The van der Waals surface area contributed by atoms with Gasteiger partial charge in [0.15, 0.2) is 0 Å². The van der Waals surface area contributed by atoms with E-state index in [1.54, 1.807) is 0 Å². The van der Waals surface area contributed by atoms with Crippen molar-refractivity contribution in [1.29, 1.82) is 0 Å². The van der Waals surface area contributed by atoms with Crippen molar-refractivity contribution in [3.63, 3.8) is 0 Å². The highest BCUT2D eigenvalue weighted by Gasteiger charge is 2.27. The lowest BCUT2D eigenvalue weighted by Gasteiger charge is -2.12. The molecule has 0 aromatic carbocycles. The van der Waals surface area contributed by atoms with Crippen LogP contribution in [0.2, 0.25) is 0 Å². The third kappa shape index (κ3) is 2.15. The average molecular weight is 165 g/mol. The maximum atomic E-state index is 5.34. The summed E-state index contributed by atoms with van der Waals surface area (Å²) in [7, 11) is 0. The highest BCUT2D eigenvalue weighted by Crippen LogP contribution is 2.21. The summed E-state index contributed by atoms with van der Waals surface area (Å²) in [6, 6.07) is 0. The molecule has 0 saturated carbocycles. The van der Waals surface area contributed by atoms with Gasteiger partial charge in [0.1, 0.15) is 5.60 Å². The second-order valence-corrected chi connectivity index (χ2v) is 2.89. The van der Waals surface area contributed by atoms with E-state index >= 15 is 0 Å². The van der Waals surface area contributed by atoms with Crippen molar-refractivity contribution in [3.05, 3.63) is 0 Å². The number of rotatable bonds is 1. The maximum absolute atomic E-state index is 5.34. The lowest BCUT2D eigenvalue weighted by Crippen LogP contribution is -2.21. The molecule has 60 valence electrons. The molecule has 0 bridgehead atoms. The normalized spacial score (nSPS) is 20.9. The Morgan fingerprint density at radius 3 is 2.50 bits per heavy atom. The summed E-state index contributed by atoms with van der Waals surface area (Å²) in [6.07, 6.45) is 0.865. The Morgan fingerprint density at radius 2 is 2.30 bits per heavy atom. The number of oxime groups is 1. The predicted octanol–water partition coefficient (Wildman–Crippen LogP) is 0.922. The van der Waals surface area contributed by atoms with Crippen LogP contribution in [0.1, 0.15) is 20.3 Å². The highest BCUT2D eigenvalue weighted by molar-refractivity contribution is 5.87. The molecule has 0 unspecified atom stereocenters. The van der Waals surface area contributed by atoms with Gasteiger partial charge in [-0.3, -0.25) is 0 Å². The Hall–Kier alpha value is -0.280. The van der Waals surface area contributed by atoms with E-state index in [0.717, 1.165) is 12.1 Å². The third-order valence-electron chi connectivity index (χ3n) is 1.29. The van der Waals surface area contributed by atoms with Gasteiger partial charge in [-0.25, -0.2) is 0 Å². The van der Waals surface area contributed by atoms with Crippen LogP contribution in [-0.4, -0.2) is 17.9 Å².